The van der Waals surface area contributed by atoms with Gasteiger partial charge in [0, 0.05) is 13.3 Å². The van der Waals surface area contributed by atoms with Gasteiger partial charge in [0.2, 0.25) is 10.0 Å². The number of carboxylic acid groups (broad SMARTS) is 1. The zero-order valence-electron chi connectivity index (χ0n) is 10.8. The van der Waals surface area contributed by atoms with E-state index in [-0.39, 0.29) is 18.6 Å². The summed E-state index contributed by atoms with van der Waals surface area (Å²) < 4.78 is 31.2. The third-order valence-electron chi connectivity index (χ3n) is 2.57. The molecule has 0 fully saturated rings. The van der Waals surface area contributed by atoms with Crippen LogP contribution in [0.4, 0.5) is 5.69 Å². The number of nitrogens with one attached hydrogen (secondary N) is 1. The number of aryl methyl sites for hydroxylation is 1. The van der Waals surface area contributed by atoms with E-state index < -0.39 is 16.0 Å². The van der Waals surface area contributed by atoms with Crippen LogP contribution in [0.1, 0.15) is 18.7 Å². The second-order valence-electron chi connectivity index (χ2n) is 4.33. The minimum Gasteiger partial charge on any atom is -0.481 e. The van der Waals surface area contributed by atoms with Crippen molar-refractivity contribution >= 4 is 32.8 Å². The van der Waals surface area contributed by atoms with Crippen molar-refractivity contribution in [3.05, 3.63) is 24.1 Å². The van der Waals surface area contributed by atoms with Gasteiger partial charge in [-0.2, -0.15) is 0 Å². The standard InChI is InChI=1S/C12H14N2O5S/c1-8-13-10-7-9(4-5-11(10)19-8)14-20(17,18)6-2-3-12(15)16/h4-5,7,14H,2-3,6H2,1H3,(H,15,16). The van der Waals surface area contributed by atoms with Crippen LogP contribution in [-0.4, -0.2) is 30.2 Å². The highest BCUT2D eigenvalue weighted by atomic mass is 32.2. The van der Waals surface area contributed by atoms with Crippen molar-refractivity contribution in [2.75, 3.05) is 10.5 Å². The zero-order chi connectivity index (χ0) is 14.8. The fourth-order valence-electron chi connectivity index (χ4n) is 1.75. The van der Waals surface area contributed by atoms with Crippen molar-refractivity contribution in [2.24, 2.45) is 0 Å². The van der Waals surface area contributed by atoms with E-state index in [1.165, 1.54) is 0 Å². The fourth-order valence-corrected chi connectivity index (χ4v) is 2.86. The van der Waals surface area contributed by atoms with Gasteiger partial charge in [0.15, 0.2) is 11.5 Å². The summed E-state index contributed by atoms with van der Waals surface area (Å²) in [6.45, 7) is 1.70. The molecule has 7 nitrogen and oxygen atoms in total. The predicted molar refractivity (Wildman–Crippen MR) is 73.0 cm³/mol. The van der Waals surface area contributed by atoms with E-state index in [1.54, 1.807) is 25.1 Å². The number of sulfonamides is 1. The van der Waals surface area contributed by atoms with Crippen LogP contribution < -0.4 is 4.72 Å². The Morgan fingerprint density at radius 2 is 2.20 bits per heavy atom. The van der Waals surface area contributed by atoms with Crippen LogP contribution in [0.2, 0.25) is 0 Å². The van der Waals surface area contributed by atoms with Crippen LogP contribution in [0.25, 0.3) is 11.1 Å². The second-order valence-corrected chi connectivity index (χ2v) is 6.18. The lowest BCUT2D eigenvalue weighted by atomic mass is 10.3. The molecule has 0 saturated carbocycles. The molecule has 0 atom stereocenters. The lowest BCUT2D eigenvalue weighted by Gasteiger charge is -2.06. The fraction of sp³-hybridized carbons (Fsp3) is 0.333. The molecule has 2 rings (SSSR count). The summed E-state index contributed by atoms with van der Waals surface area (Å²) in [6, 6.07) is 4.77. The number of rotatable bonds is 6. The Bertz CT molecular complexity index is 735. The van der Waals surface area contributed by atoms with Gasteiger partial charge >= 0.3 is 5.97 Å². The monoisotopic (exact) mass is 298 g/mol. The van der Waals surface area contributed by atoms with Gasteiger partial charge in [-0.3, -0.25) is 9.52 Å². The normalized spacial score (nSPS) is 11.7. The molecule has 0 spiro atoms. The maximum atomic E-state index is 11.8. The van der Waals surface area contributed by atoms with E-state index in [0.717, 1.165) is 0 Å². The van der Waals surface area contributed by atoms with Crippen molar-refractivity contribution in [3.63, 3.8) is 0 Å². The van der Waals surface area contributed by atoms with Crippen molar-refractivity contribution in [3.8, 4) is 0 Å². The Balaban J connectivity index is 2.08. The number of oxazole rings is 1. The Labute approximate surface area is 115 Å². The van der Waals surface area contributed by atoms with Crippen molar-refractivity contribution in [2.45, 2.75) is 19.8 Å². The minimum absolute atomic E-state index is 0.0655. The summed E-state index contributed by atoms with van der Waals surface area (Å²) in [7, 11) is -3.56. The summed E-state index contributed by atoms with van der Waals surface area (Å²) in [4.78, 5) is 14.5. The molecule has 20 heavy (non-hydrogen) atoms. The first kappa shape index (κ1) is 14.3. The Kier molecular flexibility index (Phi) is 3.93. The van der Waals surface area contributed by atoms with E-state index in [4.69, 9.17) is 9.52 Å². The topological polar surface area (TPSA) is 110 Å². The quantitative estimate of drug-likeness (QED) is 0.840. The second kappa shape index (κ2) is 5.49. The van der Waals surface area contributed by atoms with Gasteiger partial charge in [0.25, 0.3) is 0 Å². The molecule has 2 N–H and O–H groups in total. The Morgan fingerprint density at radius 1 is 1.45 bits per heavy atom. The highest BCUT2D eigenvalue weighted by molar-refractivity contribution is 7.92. The summed E-state index contributed by atoms with van der Waals surface area (Å²) in [5.74, 6) is -0.754. The van der Waals surface area contributed by atoms with Gasteiger partial charge in [0.05, 0.1) is 11.4 Å². The molecule has 108 valence electrons. The first-order valence-electron chi connectivity index (χ1n) is 5.95. The molecule has 1 heterocycles. The van der Waals surface area contributed by atoms with Crippen LogP contribution in [-0.2, 0) is 14.8 Å². The lowest BCUT2D eigenvalue weighted by molar-refractivity contribution is -0.137. The van der Waals surface area contributed by atoms with Gasteiger partial charge < -0.3 is 9.52 Å². The molecule has 0 aliphatic carbocycles. The number of benzene rings is 1. The van der Waals surface area contributed by atoms with Gasteiger partial charge in [0.1, 0.15) is 5.52 Å². The average molecular weight is 298 g/mol. The zero-order valence-corrected chi connectivity index (χ0v) is 11.6. The maximum absolute atomic E-state index is 11.8. The van der Waals surface area contributed by atoms with E-state index in [0.29, 0.717) is 22.7 Å². The third-order valence-corrected chi connectivity index (χ3v) is 3.94. The number of hydrogen-bond donors (Lipinski definition) is 2. The van der Waals surface area contributed by atoms with E-state index in [9.17, 15) is 13.2 Å². The first-order valence-corrected chi connectivity index (χ1v) is 7.60. The third kappa shape index (κ3) is 3.70. The molecule has 2 aromatic rings. The van der Waals surface area contributed by atoms with Crippen LogP contribution in [0, 0.1) is 6.92 Å². The lowest BCUT2D eigenvalue weighted by Crippen LogP contribution is -2.17. The summed E-state index contributed by atoms with van der Waals surface area (Å²) >= 11 is 0. The van der Waals surface area contributed by atoms with E-state index >= 15 is 0 Å². The summed E-state index contributed by atoms with van der Waals surface area (Å²) in [5, 5.41) is 8.49. The van der Waals surface area contributed by atoms with Gasteiger partial charge in [-0.25, -0.2) is 13.4 Å². The number of hydrogen-bond acceptors (Lipinski definition) is 5. The molecule has 0 aliphatic heterocycles. The van der Waals surface area contributed by atoms with Crippen molar-refractivity contribution in [1.29, 1.82) is 0 Å². The van der Waals surface area contributed by atoms with E-state index in [1.807, 2.05) is 0 Å². The van der Waals surface area contributed by atoms with E-state index in [2.05, 4.69) is 9.71 Å². The molecule has 0 saturated heterocycles. The predicted octanol–water partition coefficient (Wildman–Crippen LogP) is 1.74. The molecule has 0 aliphatic rings. The number of anilines is 1. The maximum Gasteiger partial charge on any atom is 0.303 e. The van der Waals surface area contributed by atoms with Crippen LogP contribution >= 0.6 is 0 Å². The van der Waals surface area contributed by atoms with Gasteiger partial charge in [-0.1, -0.05) is 0 Å². The molecule has 0 amide bonds. The Hall–Kier alpha value is -2.09. The molecule has 0 bridgehead atoms. The number of carbonyl (C=O) groups is 1. The van der Waals surface area contributed by atoms with Gasteiger partial charge in [-0.05, 0) is 24.6 Å². The average Bonchev–Trinajstić information content (AvgIpc) is 2.66. The number of aliphatic carboxylic acids is 1. The number of aromatic nitrogens is 1. The van der Waals surface area contributed by atoms with Gasteiger partial charge in [-0.15, -0.1) is 0 Å². The number of carboxylic acids is 1. The first-order chi connectivity index (χ1) is 9.35. The smallest absolute Gasteiger partial charge is 0.303 e. The van der Waals surface area contributed by atoms with Crippen LogP contribution in [0.15, 0.2) is 22.6 Å². The largest absolute Gasteiger partial charge is 0.481 e. The highest BCUT2D eigenvalue weighted by Gasteiger charge is 2.12. The minimum atomic E-state index is -3.56. The van der Waals surface area contributed by atoms with Crippen molar-refractivity contribution < 1.29 is 22.7 Å². The summed E-state index contributed by atoms with van der Waals surface area (Å²) in [5.41, 5.74) is 1.52. The SMILES string of the molecule is Cc1nc2cc(NS(=O)(=O)CCCC(=O)O)ccc2o1. The molecule has 1 aromatic carbocycles. The molecule has 8 heteroatoms. The molecule has 0 unspecified atom stereocenters. The number of fused-ring (bicyclic) bond motifs is 1. The highest BCUT2D eigenvalue weighted by Crippen LogP contribution is 2.20. The molecule has 0 radical (unpaired) electrons. The number of nitrogens with zero attached hydrogens (tertiary/aromatic N) is 1. The summed E-state index contributed by atoms with van der Waals surface area (Å²) in [6.07, 6.45) is -0.113. The Morgan fingerprint density at radius 3 is 2.90 bits per heavy atom. The molecule has 1 aromatic heterocycles. The van der Waals surface area contributed by atoms with Crippen LogP contribution in [0.5, 0.6) is 0 Å². The molecular weight excluding hydrogens is 284 g/mol. The van der Waals surface area contributed by atoms with Crippen LogP contribution in [0.3, 0.4) is 0 Å². The molecular formula is C12H14N2O5S. The van der Waals surface area contributed by atoms with Crippen molar-refractivity contribution in [1.82, 2.24) is 4.98 Å².